The Morgan fingerprint density at radius 3 is 2.79 bits per heavy atom. The van der Waals surface area contributed by atoms with Crippen LogP contribution in [0.5, 0.6) is 5.75 Å². The van der Waals surface area contributed by atoms with E-state index in [1.165, 1.54) is 11.1 Å². The molecule has 0 fully saturated rings. The van der Waals surface area contributed by atoms with Crippen LogP contribution in [0, 0.1) is 0 Å². The fraction of sp³-hybridized carbons (Fsp3) is 0.500. The van der Waals surface area contributed by atoms with E-state index in [4.69, 9.17) is 4.74 Å². The number of hydrogen-bond donors (Lipinski definition) is 0. The summed E-state index contributed by atoms with van der Waals surface area (Å²) in [5.74, 6) is 1.60. The fourth-order valence-corrected chi connectivity index (χ4v) is 2.44. The summed E-state index contributed by atoms with van der Waals surface area (Å²) < 4.78 is 5.59. The van der Waals surface area contributed by atoms with Crippen LogP contribution in [-0.2, 0) is 6.42 Å². The monoisotopic (exact) mass is 254 g/mol. The average molecular weight is 255 g/mol. The third-order valence-electron chi connectivity index (χ3n) is 2.61. The molecule has 0 spiro atoms. The van der Waals surface area contributed by atoms with Gasteiger partial charge in [-0.2, -0.15) is 0 Å². The molecular weight excluding hydrogens is 240 g/mol. The summed E-state index contributed by atoms with van der Waals surface area (Å²) in [4.78, 5) is 0. The zero-order valence-electron chi connectivity index (χ0n) is 8.80. The van der Waals surface area contributed by atoms with Crippen molar-refractivity contribution in [3.63, 3.8) is 0 Å². The van der Waals surface area contributed by atoms with E-state index in [0.29, 0.717) is 5.92 Å². The van der Waals surface area contributed by atoms with Crippen molar-refractivity contribution in [3.8, 4) is 5.75 Å². The smallest absolute Gasteiger partial charge is 0.164 e. The maximum atomic E-state index is 5.80. The molecule has 0 aromatic heterocycles. The molecule has 1 aliphatic rings. The highest BCUT2D eigenvalue weighted by molar-refractivity contribution is 9.10. The summed E-state index contributed by atoms with van der Waals surface area (Å²) >= 11 is 3.58. The molecule has 1 atom stereocenters. The minimum Gasteiger partial charge on any atom is -0.476 e. The van der Waals surface area contributed by atoms with Crippen molar-refractivity contribution in [3.05, 3.63) is 29.3 Å². The number of benzene rings is 1. The van der Waals surface area contributed by atoms with Gasteiger partial charge in [-0.05, 0) is 40.4 Å². The number of alkyl halides is 1. The van der Waals surface area contributed by atoms with Gasteiger partial charge in [-0.3, -0.25) is 0 Å². The lowest BCUT2D eigenvalue weighted by molar-refractivity contribution is 0.226. The van der Waals surface area contributed by atoms with Crippen LogP contribution in [0.1, 0.15) is 37.8 Å². The first-order chi connectivity index (χ1) is 6.49. The van der Waals surface area contributed by atoms with Crippen LogP contribution in [0.3, 0.4) is 0 Å². The molecule has 0 saturated carbocycles. The standard InChI is InChI=1S/C12H15BrO/c1-8(2)9-5-4-6-11-10(9)7-12(3,13)14-11/h4-6,8H,7H2,1-3H3. The molecular formula is C12H15BrO. The Morgan fingerprint density at radius 2 is 2.14 bits per heavy atom. The predicted octanol–water partition coefficient (Wildman–Crippen LogP) is 3.86. The Balaban J connectivity index is 2.46. The van der Waals surface area contributed by atoms with Crippen molar-refractivity contribution < 1.29 is 4.74 Å². The Hall–Kier alpha value is -0.500. The van der Waals surface area contributed by atoms with Gasteiger partial charge in [-0.25, -0.2) is 0 Å². The van der Waals surface area contributed by atoms with Crippen molar-refractivity contribution in [2.24, 2.45) is 0 Å². The largest absolute Gasteiger partial charge is 0.476 e. The molecule has 14 heavy (non-hydrogen) atoms. The second kappa shape index (κ2) is 3.27. The normalized spacial score (nSPS) is 24.9. The predicted molar refractivity (Wildman–Crippen MR) is 62.2 cm³/mol. The van der Waals surface area contributed by atoms with Crippen molar-refractivity contribution in [1.29, 1.82) is 0 Å². The molecule has 76 valence electrons. The Morgan fingerprint density at radius 1 is 1.43 bits per heavy atom. The lowest BCUT2D eigenvalue weighted by atomic mass is 9.95. The van der Waals surface area contributed by atoms with Gasteiger partial charge in [0.1, 0.15) is 5.75 Å². The van der Waals surface area contributed by atoms with Gasteiger partial charge in [0.15, 0.2) is 4.51 Å². The molecule has 0 bridgehead atoms. The summed E-state index contributed by atoms with van der Waals surface area (Å²) in [5, 5.41) is 0. The first-order valence-electron chi connectivity index (χ1n) is 4.99. The van der Waals surface area contributed by atoms with Gasteiger partial charge in [-0.1, -0.05) is 26.0 Å². The minimum absolute atomic E-state index is 0.208. The molecule has 0 radical (unpaired) electrons. The lowest BCUT2D eigenvalue weighted by Gasteiger charge is -2.14. The van der Waals surface area contributed by atoms with Gasteiger partial charge in [-0.15, -0.1) is 0 Å². The number of rotatable bonds is 1. The molecule has 0 saturated heterocycles. The highest BCUT2D eigenvalue weighted by Crippen LogP contribution is 2.41. The number of ether oxygens (including phenoxy) is 1. The molecule has 1 nitrogen and oxygen atoms in total. The molecule has 0 aliphatic carbocycles. The van der Waals surface area contributed by atoms with E-state index in [1.54, 1.807) is 0 Å². The van der Waals surface area contributed by atoms with E-state index < -0.39 is 0 Å². The van der Waals surface area contributed by atoms with E-state index in [2.05, 4.69) is 48.8 Å². The number of hydrogen-bond acceptors (Lipinski definition) is 1. The summed E-state index contributed by atoms with van der Waals surface area (Å²) in [6.45, 7) is 6.51. The number of fused-ring (bicyclic) bond motifs is 1. The second-order valence-corrected chi connectivity index (χ2v) is 6.04. The van der Waals surface area contributed by atoms with E-state index in [0.717, 1.165) is 12.2 Å². The Bertz CT molecular complexity index is 355. The first-order valence-corrected chi connectivity index (χ1v) is 5.78. The van der Waals surface area contributed by atoms with Crippen LogP contribution in [0.4, 0.5) is 0 Å². The van der Waals surface area contributed by atoms with Crippen LogP contribution in [0.25, 0.3) is 0 Å². The van der Waals surface area contributed by atoms with Gasteiger partial charge < -0.3 is 4.74 Å². The SMILES string of the molecule is CC(C)c1cccc2c1CC(C)(Br)O2. The van der Waals surface area contributed by atoms with E-state index >= 15 is 0 Å². The van der Waals surface area contributed by atoms with Crippen molar-refractivity contribution in [1.82, 2.24) is 0 Å². The minimum atomic E-state index is -0.208. The maximum absolute atomic E-state index is 5.80. The van der Waals surface area contributed by atoms with Gasteiger partial charge in [0.25, 0.3) is 0 Å². The quantitative estimate of drug-likeness (QED) is 0.692. The van der Waals surface area contributed by atoms with Crippen LogP contribution in [0.2, 0.25) is 0 Å². The molecule has 0 amide bonds. The molecule has 0 N–H and O–H groups in total. The van der Waals surface area contributed by atoms with Crippen molar-refractivity contribution in [2.75, 3.05) is 0 Å². The van der Waals surface area contributed by atoms with Crippen LogP contribution in [0.15, 0.2) is 18.2 Å². The molecule has 1 aromatic rings. The van der Waals surface area contributed by atoms with E-state index in [9.17, 15) is 0 Å². The Labute approximate surface area is 93.6 Å². The highest BCUT2D eigenvalue weighted by Gasteiger charge is 2.33. The van der Waals surface area contributed by atoms with E-state index in [1.807, 2.05) is 6.07 Å². The van der Waals surface area contributed by atoms with Gasteiger partial charge in [0, 0.05) is 12.0 Å². The van der Waals surface area contributed by atoms with Crippen LogP contribution < -0.4 is 4.74 Å². The third kappa shape index (κ3) is 1.68. The highest BCUT2D eigenvalue weighted by atomic mass is 79.9. The van der Waals surface area contributed by atoms with Gasteiger partial charge in [0.05, 0.1) is 0 Å². The summed E-state index contributed by atoms with van der Waals surface area (Å²) in [5.41, 5.74) is 2.77. The maximum Gasteiger partial charge on any atom is 0.164 e. The van der Waals surface area contributed by atoms with E-state index in [-0.39, 0.29) is 4.51 Å². The molecule has 1 unspecified atom stereocenters. The molecule has 1 aromatic carbocycles. The van der Waals surface area contributed by atoms with Gasteiger partial charge in [0.2, 0.25) is 0 Å². The first kappa shape index (κ1) is 10.0. The van der Waals surface area contributed by atoms with Crippen LogP contribution >= 0.6 is 15.9 Å². The molecule has 2 rings (SSSR count). The topological polar surface area (TPSA) is 9.23 Å². The number of halogens is 1. The average Bonchev–Trinajstić information content (AvgIpc) is 2.36. The summed E-state index contributed by atoms with van der Waals surface area (Å²) in [6, 6.07) is 6.32. The molecule has 2 heteroatoms. The Kier molecular flexibility index (Phi) is 2.34. The van der Waals surface area contributed by atoms with Crippen molar-refractivity contribution in [2.45, 2.75) is 37.6 Å². The second-order valence-electron chi connectivity index (χ2n) is 4.36. The van der Waals surface area contributed by atoms with Gasteiger partial charge >= 0.3 is 0 Å². The zero-order valence-corrected chi connectivity index (χ0v) is 10.4. The lowest BCUT2D eigenvalue weighted by Crippen LogP contribution is -2.20. The fourth-order valence-electron chi connectivity index (χ4n) is 1.99. The molecule has 1 heterocycles. The zero-order chi connectivity index (χ0) is 10.3. The molecule has 1 aliphatic heterocycles. The van der Waals surface area contributed by atoms with Crippen molar-refractivity contribution >= 4 is 15.9 Å². The third-order valence-corrected chi connectivity index (χ3v) is 3.05. The summed E-state index contributed by atoms with van der Waals surface area (Å²) in [7, 11) is 0. The van der Waals surface area contributed by atoms with Crippen LogP contribution in [-0.4, -0.2) is 4.51 Å². The summed E-state index contributed by atoms with van der Waals surface area (Å²) in [6.07, 6.45) is 0.955.